The van der Waals surface area contributed by atoms with Crippen LogP contribution in [0.15, 0.2) is 17.3 Å². The molecule has 0 aliphatic heterocycles. The Kier molecular flexibility index (Phi) is 5.26. The molecular formula is C15H14Cl2FN5O3S. The minimum atomic E-state index is -4.20. The van der Waals surface area contributed by atoms with Gasteiger partial charge >= 0.3 is 0 Å². The molecule has 0 atom stereocenters. The number of aromatic nitrogens is 4. The van der Waals surface area contributed by atoms with Crippen LogP contribution in [0.3, 0.4) is 0 Å². The molecule has 0 bridgehead atoms. The number of nitrogens with zero attached hydrogens (tertiary/aromatic N) is 4. The molecule has 0 saturated heterocycles. The molecule has 3 rings (SSSR count). The molecule has 3 aromatic rings. The molecule has 0 amide bonds. The number of fused-ring (bicyclic) bond motifs is 1. The molecule has 0 spiro atoms. The Balaban J connectivity index is 2.48. The fourth-order valence-electron chi connectivity index (χ4n) is 2.52. The van der Waals surface area contributed by atoms with Crippen molar-refractivity contribution < 1.29 is 17.5 Å². The second-order valence-corrected chi connectivity index (χ2v) is 7.75. The van der Waals surface area contributed by atoms with Crippen LogP contribution in [-0.2, 0) is 16.7 Å². The lowest BCUT2D eigenvalue weighted by atomic mass is 10.0. The molecule has 0 unspecified atom stereocenters. The van der Waals surface area contributed by atoms with Crippen molar-refractivity contribution in [1.82, 2.24) is 19.6 Å². The standard InChI is InChI=1S/C15H14Cl2FN5O3S/c1-3-26-13-11(10-8(16)5-4-7(2)12(10)17)9(6-18)20-14-21-15(22-23(13)14)27(19,24)25/h4-5H,3,6H2,1-2H3,(H2,19,24,25). The maximum absolute atomic E-state index is 13.8. The van der Waals surface area contributed by atoms with Crippen LogP contribution in [0.25, 0.3) is 16.9 Å². The Morgan fingerprint density at radius 3 is 2.56 bits per heavy atom. The van der Waals surface area contributed by atoms with Gasteiger partial charge in [0.05, 0.1) is 27.9 Å². The van der Waals surface area contributed by atoms with Gasteiger partial charge < -0.3 is 4.74 Å². The summed E-state index contributed by atoms with van der Waals surface area (Å²) in [6.07, 6.45) is 0. The van der Waals surface area contributed by atoms with Crippen molar-refractivity contribution in [3.63, 3.8) is 0 Å². The summed E-state index contributed by atoms with van der Waals surface area (Å²) in [5.74, 6) is -0.175. The number of rotatable bonds is 5. The molecular weight excluding hydrogens is 420 g/mol. The van der Waals surface area contributed by atoms with E-state index in [9.17, 15) is 12.8 Å². The highest BCUT2D eigenvalue weighted by Crippen LogP contribution is 2.43. The normalized spacial score (nSPS) is 11.9. The van der Waals surface area contributed by atoms with Crippen LogP contribution in [0.5, 0.6) is 5.88 Å². The van der Waals surface area contributed by atoms with Crippen molar-refractivity contribution in [1.29, 1.82) is 0 Å². The summed E-state index contributed by atoms with van der Waals surface area (Å²) in [5, 5.41) is 8.78. The van der Waals surface area contributed by atoms with Crippen molar-refractivity contribution in [3.8, 4) is 17.0 Å². The first-order valence-electron chi connectivity index (χ1n) is 7.65. The summed E-state index contributed by atoms with van der Waals surface area (Å²) in [6.45, 7) is 2.63. The second-order valence-electron chi connectivity index (χ2n) is 5.51. The predicted octanol–water partition coefficient (Wildman–Crippen LogP) is 2.92. The van der Waals surface area contributed by atoms with Crippen molar-refractivity contribution in [2.24, 2.45) is 5.14 Å². The smallest absolute Gasteiger partial charge is 0.284 e. The van der Waals surface area contributed by atoms with Gasteiger partial charge in [0, 0.05) is 5.56 Å². The average molecular weight is 434 g/mol. The van der Waals surface area contributed by atoms with E-state index in [1.165, 1.54) is 0 Å². The number of primary sulfonamides is 1. The summed E-state index contributed by atoms with van der Waals surface area (Å²) in [6, 6.07) is 3.32. The van der Waals surface area contributed by atoms with E-state index < -0.39 is 21.9 Å². The number of halogens is 3. The third-order valence-electron chi connectivity index (χ3n) is 3.70. The number of sulfonamides is 1. The first kappa shape index (κ1) is 19.7. The monoisotopic (exact) mass is 433 g/mol. The van der Waals surface area contributed by atoms with Gasteiger partial charge in [-0.2, -0.15) is 9.50 Å². The van der Waals surface area contributed by atoms with Gasteiger partial charge in [-0.25, -0.2) is 22.9 Å². The van der Waals surface area contributed by atoms with E-state index in [-0.39, 0.29) is 39.6 Å². The van der Waals surface area contributed by atoms with Gasteiger partial charge in [0.1, 0.15) is 6.67 Å². The van der Waals surface area contributed by atoms with Crippen LogP contribution >= 0.6 is 23.2 Å². The number of aryl methyl sites for hydroxylation is 1. The Labute approximate surface area is 164 Å². The van der Waals surface area contributed by atoms with E-state index in [2.05, 4.69) is 15.1 Å². The zero-order chi connectivity index (χ0) is 19.9. The van der Waals surface area contributed by atoms with Crippen LogP contribution in [0.4, 0.5) is 4.39 Å². The number of alkyl halides is 1. The molecule has 27 heavy (non-hydrogen) atoms. The molecule has 0 aliphatic carbocycles. The highest BCUT2D eigenvalue weighted by atomic mass is 35.5. The number of nitrogens with two attached hydrogens (primary N) is 1. The van der Waals surface area contributed by atoms with E-state index in [0.717, 1.165) is 4.52 Å². The molecule has 0 aliphatic rings. The summed E-state index contributed by atoms with van der Waals surface area (Å²) in [7, 11) is -4.20. The molecule has 0 radical (unpaired) electrons. The molecule has 12 heteroatoms. The van der Waals surface area contributed by atoms with E-state index in [4.69, 9.17) is 33.1 Å². The van der Waals surface area contributed by atoms with Crippen molar-refractivity contribution in [2.75, 3.05) is 6.61 Å². The summed E-state index contributed by atoms with van der Waals surface area (Å²) in [4.78, 5) is 7.80. The zero-order valence-electron chi connectivity index (χ0n) is 14.2. The molecule has 1 aromatic carbocycles. The largest absolute Gasteiger partial charge is 0.477 e. The van der Waals surface area contributed by atoms with Crippen molar-refractivity contribution in [2.45, 2.75) is 25.7 Å². The molecule has 144 valence electrons. The quantitative estimate of drug-likeness (QED) is 0.661. The number of benzene rings is 1. The summed E-state index contributed by atoms with van der Waals surface area (Å²) in [5.41, 5.74) is 1.09. The van der Waals surface area contributed by atoms with Gasteiger partial charge in [-0.1, -0.05) is 29.3 Å². The summed E-state index contributed by atoms with van der Waals surface area (Å²) >= 11 is 12.7. The van der Waals surface area contributed by atoms with Gasteiger partial charge in [0.2, 0.25) is 5.88 Å². The molecule has 0 saturated carbocycles. The van der Waals surface area contributed by atoms with Crippen LogP contribution in [0, 0.1) is 6.92 Å². The fraction of sp³-hybridized carbons (Fsp3) is 0.267. The van der Waals surface area contributed by atoms with E-state index >= 15 is 0 Å². The Bertz CT molecular complexity index is 1150. The Morgan fingerprint density at radius 1 is 1.26 bits per heavy atom. The van der Waals surface area contributed by atoms with Gasteiger partial charge in [-0.15, -0.1) is 5.10 Å². The molecule has 0 fully saturated rings. The van der Waals surface area contributed by atoms with Crippen molar-refractivity contribution in [3.05, 3.63) is 33.4 Å². The highest BCUT2D eigenvalue weighted by molar-refractivity contribution is 7.89. The van der Waals surface area contributed by atoms with Crippen LogP contribution in [0.1, 0.15) is 18.2 Å². The first-order chi connectivity index (χ1) is 12.7. The third-order valence-corrected chi connectivity index (χ3v) is 5.18. The van der Waals surface area contributed by atoms with Gasteiger partial charge in [0.15, 0.2) is 0 Å². The van der Waals surface area contributed by atoms with E-state index in [1.807, 2.05) is 0 Å². The average Bonchev–Trinajstić information content (AvgIpc) is 3.04. The molecule has 8 nitrogen and oxygen atoms in total. The van der Waals surface area contributed by atoms with E-state index in [1.54, 1.807) is 26.0 Å². The number of hydrogen-bond acceptors (Lipinski definition) is 6. The van der Waals surface area contributed by atoms with Gasteiger partial charge in [-0.05, 0) is 25.5 Å². The minimum Gasteiger partial charge on any atom is -0.477 e. The zero-order valence-corrected chi connectivity index (χ0v) is 16.5. The Hall–Kier alpha value is -2.01. The second kappa shape index (κ2) is 7.19. The van der Waals surface area contributed by atoms with Crippen LogP contribution in [-0.4, -0.2) is 34.6 Å². The van der Waals surface area contributed by atoms with Crippen molar-refractivity contribution >= 4 is 39.0 Å². The fourth-order valence-corrected chi connectivity index (χ4v) is 3.49. The molecule has 2 N–H and O–H groups in total. The number of ether oxygens (including phenoxy) is 1. The van der Waals surface area contributed by atoms with E-state index in [0.29, 0.717) is 11.1 Å². The Morgan fingerprint density at radius 2 is 1.96 bits per heavy atom. The minimum absolute atomic E-state index is 0.00644. The predicted molar refractivity (Wildman–Crippen MR) is 98.3 cm³/mol. The molecule has 2 heterocycles. The lowest BCUT2D eigenvalue weighted by Crippen LogP contribution is -2.14. The first-order valence-corrected chi connectivity index (χ1v) is 9.95. The lowest BCUT2D eigenvalue weighted by Gasteiger charge is -2.17. The topological polar surface area (TPSA) is 112 Å². The number of hydrogen-bond donors (Lipinski definition) is 1. The lowest BCUT2D eigenvalue weighted by molar-refractivity contribution is 0.317. The SMILES string of the molecule is CCOc1c(-c2c(Cl)ccc(C)c2Cl)c(CF)nc2nc(S(N)(=O)=O)nn12. The highest BCUT2D eigenvalue weighted by Gasteiger charge is 2.26. The van der Waals surface area contributed by atoms with Gasteiger partial charge in [-0.3, -0.25) is 0 Å². The summed E-state index contributed by atoms with van der Waals surface area (Å²) < 4.78 is 43.7. The maximum atomic E-state index is 13.8. The maximum Gasteiger partial charge on any atom is 0.284 e. The third kappa shape index (κ3) is 3.45. The van der Waals surface area contributed by atoms with Crippen LogP contribution in [0.2, 0.25) is 10.0 Å². The van der Waals surface area contributed by atoms with Crippen LogP contribution < -0.4 is 9.88 Å². The van der Waals surface area contributed by atoms with Gasteiger partial charge in [0.25, 0.3) is 21.0 Å². The molecule has 2 aromatic heterocycles.